The molecule has 168 valence electrons. The summed E-state index contributed by atoms with van der Waals surface area (Å²) in [6, 6.07) is 11.3. The molecule has 32 heavy (non-hydrogen) atoms. The summed E-state index contributed by atoms with van der Waals surface area (Å²) in [5, 5.41) is 14.1. The summed E-state index contributed by atoms with van der Waals surface area (Å²) >= 11 is 6.23. The van der Waals surface area contributed by atoms with E-state index in [4.69, 9.17) is 31.0 Å². The third kappa shape index (κ3) is 4.47. The van der Waals surface area contributed by atoms with Crippen LogP contribution in [0.4, 0.5) is 11.8 Å². The second-order valence-corrected chi connectivity index (χ2v) is 8.11. The molecule has 3 heterocycles. The molecular weight excluding hydrogens is 455 g/mol. The lowest BCUT2D eigenvalue weighted by Crippen LogP contribution is -2.37. The van der Waals surface area contributed by atoms with E-state index in [1.165, 1.54) is 0 Å². The predicted molar refractivity (Wildman–Crippen MR) is 124 cm³/mol. The Morgan fingerprint density at radius 3 is 2.69 bits per heavy atom. The van der Waals surface area contributed by atoms with Crippen LogP contribution in [0.25, 0.3) is 10.9 Å². The molecule has 0 unspecified atom stereocenters. The van der Waals surface area contributed by atoms with Crippen LogP contribution in [-0.4, -0.2) is 40.9 Å². The van der Waals surface area contributed by atoms with E-state index in [1.807, 2.05) is 35.2 Å². The molecule has 5 rings (SSSR count). The molecule has 0 bridgehead atoms. The number of fused-ring (bicyclic) bond motifs is 2. The Labute approximate surface area is 195 Å². The number of hydrogen-bond donors (Lipinski definition) is 2. The van der Waals surface area contributed by atoms with E-state index in [1.54, 1.807) is 6.07 Å². The molecule has 0 radical (unpaired) electrons. The minimum absolute atomic E-state index is 0. The fraction of sp³-hybridized carbons (Fsp3) is 0.318. The molecule has 0 saturated carbocycles. The highest BCUT2D eigenvalue weighted by Gasteiger charge is 2.26. The van der Waals surface area contributed by atoms with Gasteiger partial charge in [0.05, 0.1) is 11.4 Å². The molecule has 2 N–H and O–H groups in total. The van der Waals surface area contributed by atoms with Gasteiger partial charge in [-0.25, -0.2) is 4.98 Å². The highest BCUT2D eigenvalue weighted by atomic mass is 35.5. The van der Waals surface area contributed by atoms with Crippen molar-refractivity contribution in [1.29, 1.82) is 0 Å². The van der Waals surface area contributed by atoms with Crippen LogP contribution in [0, 0.1) is 5.92 Å². The van der Waals surface area contributed by atoms with Crippen LogP contribution in [0.1, 0.15) is 18.4 Å². The summed E-state index contributed by atoms with van der Waals surface area (Å²) in [5.74, 6) is 1.71. The number of nitrogens with zero attached hydrogens (tertiary/aromatic N) is 3. The molecule has 1 saturated heterocycles. The van der Waals surface area contributed by atoms with E-state index in [-0.39, 0.29) is 25.1 Å². The first-order valence-corrected chi connectivity index (χ1v) is 10.5. The molecule has 0 spiro atoms. The van der Waals surface area contributed by atoms with Crippen LogP contribution < -0.4 is 19.7 Å². The summed E-state index contributed by atoms with van der Waals surface area (Å²) in [6.07, 6.45) is 1.16. The molecule has 2 aromatic carbocycles. The normalized spacial score (nSPS) is 15.5. The molecule has 0 aliphatic carbocycles. The van der Waals surface area contributed by atoms with Crippen molar-refractivity contribution in [2.75, 3.05) is 30.1 Å². The highest BCUT2D eigenvalue weighted by molar-refractivity contribution is 6.31. The van der Waals surface area contributed by atoms with Gasteiger partial charge >= 0.3 is 5.97 Å². The molecule has 1 aromatic heterocycles. The van der Waals surface area contributed by atoms with Crippen LogP contribution in [0.3, 0.4) is 0 Å². The Morgan fingerprint density at radius 1 is 1.12 bits per heavy atom. The number of aliphatic carboxylic acids is 1. The highest BCUT2D eigenvalue weighted by Crippen LogP contribution is 2.33. The zero-order valence-corrected chi connectivity index (χ0v) is 18.7. The van der Waals surface area contributed by atoms with Gasteiger partial charge < -0.3 is 24.8 Å². The van der Waals surface area contributed by atoms with E-state index in [0.717, 1.165) is 28.0 Å². The van der Waals surface area contributed by atoms with Gasteiger partial charge in [-0.15, -0.1) is 12.4 Å². The molecule has 1 fully saturated rings. The number of aromatic nitrogens is 2. The maximum atomic E-state index is 11.3. The smallest absolute Gasteiger partial charge is 0.306 e. The fourth-order valence-corrected chi connectivity index (χ4v) is 4.10. The van der Waals surface area contributed by atoms with Crippen LogP contribution in [0.5, 0.6) is 11.5 Å². The maximum absolute atomic E-state index is 11.3. The van der Waals surface area contributed by atoms with E-state index < -0.39 is 5.97 Å². The second-order valence-electron chi connectivity index (χ2n) is 7.67. The first-order valence-electron chi connectivity index (χ1n) is 10.1. The lowest BCUT2D eigenvalue weighted by Gasteiger charge is -2.30. The van der Waals surface area contributed by atoms with Gasteiger partial charge in [-0.05, 0) is 48.7 Å². The standard InChI is InChI=1S/C22H21ClN4O4.ClH/c23-15-2-3-17-16(10-15)20(24-11-13-1-4-18-19(9-13)31-12-30-18)26-22(25-17)27-7-5-14(6-8-27)21(28)29;/h1-4,9-10,14H,5-8,11-12H2,(H,28,29)(H,24,25,26);1H. The van der Waals surface area contributed by atoms with Gasteiger partial charge in [0.25, 0.3) is 0 Å². The van der Waals surface area contributed by atoms with Crippen LogP contribution >= 0.6 is 24.0 Å². The van der Waals surface area contributed by atoms with Gasteiger partial charge in [-0.3, -0.25) is 4.79 Å². The van der Waals surface area contributed by atoms with E-state index in [9.17, 15) is 9.90 Å². The summed E-state index contributed by atoms with van der Waals surface area (Å²) in [4.78, 5) is 22.8. The number of hydrogen-bond acceptors (Lipinski definition) is 7. The largest absolute Gasteiger partial charge is 0.481 e. The van der Waals surface area contributed by atoms with Crippen molar-refractivity contribution in [3.63, 3.8) is 0 Å². The quantitative estimate of drug-likeness (QED) is 0.560. The number of carboxylic acid groups (broad SMARTS) is 1. The Balaban J connectivity index is 0.00000245. The number of nitrogens with one attached hydrogen (secondary N) is 1. The van der Waals surface area contributed by atoms with Crippen molar-refractivity contribution in [3.8, 4) is 11.5 Å². The molecule has 0 amide bonds. The zero-order chi connectivity index (χ0) is 21.4. The van der Waals surface area contributed by atoms with Gasteiger partial charge in [0.2, 0.25) is 12.7 Å². The zero-order valence-electron chi connectivity index (χ0n) is 17.1. The molecule has 3 aromatic rings. The Bertz CT molecular complexity index is 1150. The molecule has 10 heteroatoms. The van der Waals surface area contributed by atoms with Crippen molar-refractivity contribution in [3.05, 3.63) is 47.0 Å². The van der Waals surface area contributed by atoms with Crippen molar-refractivity contribution in [1.82, 2.24) is 9.97 Å². The van der Waals surface area contributed by atoms with E-state index in [0.29, 0.717) is 49.3 Å². The van der Waals surface area contributed by atoms with Crippen LogP contribution in [0.15, 0.2) is 36.4 Å². The number of carbonyl (C=O) groups is 1. The van der Waals surface area contributed by atoms with Crippen LogP contribution in [-0.2, 0) is 11.3 Å². The summed E-state index contributed by atoms with van der Waals surface area (Å²) in [6.45, 7) is 1.99. The predicted octanol–water partition coefficient (Wildman–Crippen LogP) is 4.35. The van der Waals surface area contributed by atoms with Crippen molar-refractivity contribution < 1.29 is 19.4 Å². The third-order valence-electron chi connectivity index (χ3n) is 5.67. The number of rotatable bonds is 5. The monoisotopic (exact) mass is 476 g/mol. The van der Waals surface area contributed by atoms with Gasteiger partial charge in [-0.2, -0.15) is 4.98 Å². The fourth-order valence-electron chi connectivity index (χ4n) is 3.93. The topological polar surface area (TPSA) is 96.8 Å². The molecule has 2 aliphatic heterocycles. The van der Waals surface area contributed by atoms with Gasteiger partial charge in [-0.1, -0.05) is 17.7 Å². The molecular formula is C22H22Cl2N4O4. The molecule has 2 aliphatic rings. The first-order chi connectivity index (χ1) is 15.1. The maximum Gasteiger partial charge on any atom is 0.306 e. The Morgan fingerprint density at radius 2 is 1.91 bits per heavy atom. The van der Waals surface area contributed by atoms with E-state index in [2.05, 4.69) is 5.32 Å². The first kappa shape index (κ1) is 22.2. The van der Waals surface area contributed by atoms with Gasteiger partial charge in [0.1, 0.15) is 5.82 Å². The average Bonchev–Trinajstić information content (AvgIpc) is 3.25. The average molecular weight is 477 g/mol. The third-order valence-corrected chi connectivity index (χ3v) is 5.91. The summed E-state index contributed by atoms with van der Waals surface area (Å²) < 4.78 is 10.8. The Kier molecular flexibility index (Phi) is 6.43. The van der Waals surface area contributed by atoms with Crippen LogP contribution in [0.2, 0.25) is 5.02 Å². The van der Waals surface area contributed by atoms with E-state index >= 15 is 0 Å². The Hall–Kier alpha value is -2.97. The van der Waals surface area contributed by atoms with Crippen molar-refractivity contribution in [2.24, 2.45) is 5.92 Å². The number of anilines is 2. The minimum Gasteiger partial charge on any atom is -0.481 e. The van der Waals surface area contributed by atoms with Crippen molar-refractivity contribution in [2.45, 2.75) is 19.4 Å². The molecule has 0 atom stereocenters. The number of halogens is 2. The second kappa shape index (κ2) is 9.26. The lowest BCUT2D eigenvalue weighted by atomic mass is 9.97. The minimum atomic E-state index is -0.736. The summed E-state index contributed by atoms with van der Waals surface area (Å²) in [5.41, 5.74) is 1.81. The van der Waals surface area contributed by atoms with Crippen molar-refractivity contribution >= 4 is 52.6 Å². The lowest BCUT2D eigenvalue weighted by molar-refractivity contribution is -0.142. The number of piperidine rings is 1. The summed E-state index contributed by atoms with van der Waals surface area (Å²) in [7, 11) is 0. The number of benzene rings is 2. The van der Waals surface area contributed by atoms with Gasteiger partial charge in [0.15, 0.2) is 11.5 Å². The van der Waals surface area contributed by atoms with Gasteiger partial charge in [0, 0.05) is 30.0 Å². The number of ether oxygens (including phenoxy) is 2. The molecule has 8 nitrogen and oxygen atoms in total. The SMILES string of the molecule is Cl.O=C(O)C1CCN(c2nc(NCc3ccc4c(c3)OCO4)c3cc(Cl)ccc3n2)CC1. The number of carboxylic acids is 1.